The van der Waals surface area contributed by atoms with Crippen molar-refractivity contribution >= 4 is 49.3 Å². The van der Waals surface area contributed by atoms with E-state index in [-0.39, 0.29) is 43.1 Å². The summed E-state index contributed by atoms with van der Waals surface area (Å²) in [5, 5.41) is 0. The summed E-state index contributed by atoms with van der Waals surface area (Å²) in [6.07, 6.45) is 0.833. The molecule has 0 spiro atoms. The van der Waals surface area contributed by atoms with Gasteiger partial charge in [-0.1, -0.05) is 30.3 Å². The molecule has 0 N–H and O–H groups in total. The molecule has 1 nitrogen and oxygen atoms in total. The molecule has 0 aliphatic heterocycles. The van der Waals surface area contributed by atoms with Crippen molar-refractivity contribution < 1.29 is 4.79 Å². The number of hydrogen-bond acceptors (Lipinski definition) is 1. The number of rotatable bonds is 1. The SMILES string of the molecule is O=Cc1ccccc1.S.[NaH]. The monoisotopic (exact) mass is 164 g/mol. The molecule has 0 aliphatic rings. The molecule has 0 heterocycles. The van der Waals surface area contributed by atoms with Crippen LogP contribution in [-0.2, 0) is 0 Å². The average molecular weight is 164 g/mol. The van der Waals surface area contributed by atoms with Gasteiger partial charge in [0.1, 0.15) is 6.29 Å². The van der Waals surface area contributed by atoms with Crippen LogP contribution < -0.4 is 0 Å². The summed E-state index contributed by atoms with van der Waals surface area (Å²) in [7, 11) is 0. The quantitative estimate of drug-likeness (QED) is 0.446. The minimum absolute atomic E-state index is 0. The normalized spacial score (nSPS) is 6.80. The molecular weight excluding hydrogens is 155 g/mol. The van der Waals surface area contributed by atoms with Gasteiger partial charge < -0.3 is 0 Å². The maximum absolute atomic E-state index is 10.0. The van der Waals surface area contributed by atoms with Gasteiger partial charge in [-0.15, -0.1) is 0 Å². The summed E-state index contributed by atoms with van der Waals surface area (Å²) in [5.41, 5.74) is 0.729. The van der Waals surface area contributed by atoms with Crippen LogP contribution in [0.25, 0.3) is 0 Å². The van der Waals surface area contributed by atoms with Gasteiger partial charge in [0.25, 0.3) is 0 Å². The zero-order valence-corrected chi connectivity index (χ0v) is 5.87. The number of carbonyl (C=O) groups excluding carboxylic acids is 1. The predicted molar refractivity (Wildman–Crippen MR) is 49.4 cm³/mol. The molecule has 0 radical (unpaired) electrons. The van der Waals surface area contributed by atoms with E-state index in [2.05, 4.69) is 0 Å². The number of benzene rings is 1. The molecule has 0 aromatic heterocycles. The van der Waals surface area contributed by atoms with Gasteiger partial charge in [0.2, 0.25) is 0 Å². The fraction of sp³-hybridized carbons (Fsp3) is 0. The van der Waals surface area contributed by atoms with Crippen LogP contribution >= 0.6 is 13.5 Å². The van der Waals surface area contributed by atoms with Gasteiger partial charge in [0, 0.05) is 5.56 Å². The number of carbonyl (C=O) groups is 1. The van der Waals surface area contributed by atoms with Crippen LogP contribution in [0, 0.1) is 0 Å². The van der Waals surface area contributed by atoms with Gasteiger partial charge in [0.15, 0.2) is 0 Å². The first-order valence-electron chi connectivity index (χ1n) is 2.44. The molecule has 50 valence electrons. The molecule has 0 saturated heterocycles. The number of aldehydes is 1. The second-order valence-electron chi connectivity index (χ2n) is 1.53. The van der Waals surface area contributed by atoms with E-state index in [1.54, 1.807) is 12.1 Å². The Labute approximate surface area is 89.6 Å². The van der Waals surface area contributed by atoms with Crippen LogP contribution in [0.1, 0.15) is 10.4 Å². The second kappa shape index (κ2) is 7.35. The van der Waals surface area contributed by atoms with Crippen LogP contribution in [0.15, 0.2) is 30.3 Å². The third kappa shape index (κ3) is 4.12. The standard InChI is InChI=1S/C7H6O.Na.H2S.H/c8-6-7-4-2-1-3-5-7;;;/h1-6H;;1H2;. The van der Waals surface area contributed by atoms with Crippen LogP contribution in [0.3, 0.4) is 0 Å². The van der Waals surface area contributed by atoms with Gasteiger partial charge in [-0.05, 0) is 0 Å². The first kappa shape index (κ1) is 12.9. The zero-order valence-electron chi connectivity index (χ0n) is 4.87. The minimum atomic E-state index is 0. The molecule has 0 saturated carbocycles. The summed E-state index contributed by atoms with van der Waals surface area (Å²) in [6, 6.07) is 9.10. The van der Waals surface area contributed by atoms with Gasteiger partial charge >= 0.3 is 29.6 Å². The Kier molecular flexibility index (Phi) is 9.46. The summed E-state index contributed by atoms with van der Waals surface area (Å²) in [5.74, 6) is 0. The topological polar surface area (TPSA) is 17.1 Å². The zero-order chi connectivity index (χ0) is 5.82. The van der Waals surface area contributed by atoms with Crippen molar-refractivity contribution in [3.05, 3.63) is 35.9 Å². The van der Waals surface area contributed by atoms with Crippen molar-refractivity contribution in [1.29, 1.82) is 0 Å². The molecule has 1 aromatic rings. The van der Waals surface area contributed by atoms with Crippen LogP contribution in [0.2, 0.25) is 0 Å². The van der Waals surface area contributed by atoms with Crippen molar-refractivity contribution in [2.45, 2.75) is 0 Å². The fourth-order valence-electron chi connectivity index (χ4n) is 0.532. The Hall–Kier alpha value is 0.240. The summed E-state index contributed by atoms with van der Waals surface area (Å²) in [4.78, 5) is 10.0. The molecule has 0 atom stereocenters. The third-order valence-corrected chi connectivity index (χ3v) is 0.936. The van der Waals surface area contributed by atoms with Gasteiger partial charge in [0.05, 0.1) is 0 Å². The van der Waals surface area contributed by atoms with Gasteiger partial charge in [-0.25, -0.2) is 0 Å². The van der Waals surface area contributed by atoms with Crippen molar-refractivity contribution in [2.24, 2.45) is 0 Å². The first-order chi connectivity index (χ1) is 3.93. The summed E-state index contributed by atoms with van der Waals surface area (Å²) in [6.45, 7) is 0. The molecule has 0 fully saturated rings. The molecule has 3 heteroatoms. The first-order valence-corrected chi connectivity index (χ1v) is 2.44. The van der Waals surface area contributed by atoms with E-state index < -0.39 is 0 Å². The van der Waals surface area contributed by atoms with Crippen molar-refractivity contribution in [2.75, 3.05) is 0 Å². The third-order valence-electron chi connectivity index (χ3n) is 0.936. The summed E-state index contributed by atoms with van der Waals surface area (Å²) >= 11 is 0. The van der Waals surface area contributed by atoms with E-state index in [4.69, 9.17) is 0 Å². The average Bonchev–Trinajstić information content (AvgIpc) is 1.90. The van der Waals surface area contributed by atoms with Gasteiger partial charge in [-0.3, -0.25) is 4.79 Å². The molecule has 0 bridgehead atoms. The van der Waals surface area contributed by atoms with E-state index in [0.29, 0.717) is 0 Å². The Balaban J connectivity index is 0. The fourth-order valence-corrected chi connectivity index (χ4v) is 0.532. The summed E-state index contributed by atoms with van der Waals surface area (Å²) < 4.78 is 0. The Morgan fingerprint density at radius 2 is 1.60 bits per heavy atom. The Morgan fingerprint density at radius 3 is 1.90 bits per heavy atom. The molecule has 0 aliphatic carbocycles. The van der Waals surface area contributed by atoms with Crippen molar-refractivity contribution in [3.63, 3.8) is 0 Å². The van der Waals surface area contributed by atoms with E-state index in [0.717, 1.165) is 11.8 Å². The molecule has 0 unspecified atom stereocenters. The van der Waals surface area contributed by atoms with Crippen LogP contribution in [0.5, 0.6) is 0 Å². The van der Waals surface area contributed by atoms with E-state index in [1.165, 1.54) is 0 Å². The maximum atomic E-state index is 10.0. The predicted octanol–water partition coefficient (Wildman–Crippen LogP) is 0.963. The van der Waals surface area contributed by atoms with Gasteiger partial charge in [-0.2, -0.15) is 13.5 Å². The second-order valence-corrected chi connectivity index (χ2v) is 1.53. The van der Waals surface area contributed by atoms with E-state index in [1.807, 2.05) is 18.2 Å². The molecular formula is C7H9NaOS. The van der Waals surface area contributed by atoms with Crippen LogP contribution in [0.4, 0.5) is 0 Å². The van der Waals surface area contributed by atoms with Crippen LogP contribution in [-0.4, -0.2) is 35.8 Å². The van der Waals surface area contributed by atoms with E-state index >= 15 is 0 Å². The molecule has 10 heavy (non-hydrogen) atoms. The molecule has 0 amide bonds. The number of hydrogen-bond donors (Lipinski definition) is 0. The van der Waals surface area contributed by atoms with Crippen molar-refractivity contribution in [3.8, 4) is 0 Å². The molecule has 1 rings (SSSR count). The Bertz CT molecular complexity index is 176. The molecule has 1 aromatic carbocycles. The van der Waals surface area contributed by atoms with E-state index in [9.17, 15) is 4.79 Å². The van der Waals surface area contributed by atoms with Crippen molar-refractivity contribution in [1.82, 2.24) is 0 Å². The Morgan fingerprint density at radius 1 is 1.10 bits per heavy atom.